The number of para-hydroxylation sites is 1. The third kappa shape index (κ3) is 5.93. The van der Waals surface area contributed by atoms with Gasteiger partial charge in [-0.15, -0.1) is 11.3 Å². The summed E-state index contributed by atoms with van der Waals surface area (Å²) in [6, 6.07) is 9.65. The van der Waals surface area contributed by atoms with E-state index in [1.165, 1.54) is 0 Å². The molecule has 0 aliphatic carbocycles. The highest BCUT2D eigenvalue weighted by atomic mass is 32.1. The lowest BCUT2D eigenvalue weighted by Crippen LogP contribution is -2.16. The topological polar surface area (TPSA) is 71.5 Å². The van der Waals surface area contributed by atoms with Gasteiger partial charge in [0.1, 0.15) is 17.4 Å². The second-order valence-corrected chi connectivity index (χ2v) is 5.45. The average molecular weight is 306 g/mol. The van der Waals surface area contributed by atoms with E-state index in [0.29, 0.717) is 26.1 Å². The molecule has 0 radical (unpaired) electrons. The molecule has 1 heterocycles. The van der Waals surface area contributed by atoms with Gasteiger partial charge in [-0.1, -0.05) is 18.2 Å². The molecule has 0 aliphatic heterocycles. The minimum Gasteiger partial charge on any atom is -0.486 e. The Morgan fingerprint density at radius 3 is 2.90 bits per heavy atom. The molecule has 0 bridgehead atoms. The lowest BCUT2D eigenvalue weighted by atomic mass is 10.3. The first-order valence-electron chi connectivity index (χ1n) is 6.77. The lowest BCUT2D eigenvalue weighted by Gasteiger charge is -2.03. The van der Waals surface area contributed by atoms with Gasteiger partial charge < -0.3 is 15.2 Å². The Morgan fingerprint density at radius 2 is 2.14 bits per heavy atom. The van der Waals surface area contributed by atoms with Crippen LogP contribution < -0.4 is 10.1 Å². The fourth-order valence-corrected chi connectivity index (χ4v) is 2.44. The van der Waals surface area contributed by atoms with Crippen molar-refractivity contribution in [3.05, 3.63) is 46.4 Å². The summed E-state index contributed by atoms with van der Waals surface area (Å²) >= 11 is 1.57. The van der Waals surface area contributed by atoms with Crippen LogP contribution in [-0.4, -0.2) is 22.6 Å². The molecule has 0 unspecified atom stereocenters. The number of rotatable bonds is 9. The van der Waals surface area contributed by atoms with E-state index in [1.807, 2.05) is 35.7 Å². The maximum atomic E-state index is 10.4. The van der Waals surface area contributed by atoms with Gasteiger partial charge >= 0.3 is 5.97 Å². The number of thiazole rings is 1. The van der Waals surface area contributed by atoms with Gasteiger partial charge in [0, 0.05) is 18.3 Å². The van der Waals surface area contributed by atoms with Crippen molar-refractivity contribution in [3.63, 3.8) is 0 Å². The number of hydrogen-bond acceptors (Lipinski definition) is 5. The normalized spacial score (nSPS) is 10.5. The average Bonchev–Trinajstić information content (AvgIpc) is 2.93. The SMILES string of the molecule is O=C(O)CCCNCc1csc(COc2ccccc2)n1. The van der Waals surface area contributed by atoms with Crippen molar-refractivity contribution in [1.29, 1.82) is 0 Å². The van der Waals surface area contributed by atoms with Crippen LogP contribution in [0.1, 0.15) is 23.5 Å². The van der Waals surface area contributed by atoms with Crippen molar-refractivity contribution >= 4 is 17.3 Å². The zero-order valence-electron chi connectivity index (χ0n) is 11.6. The highest BCUT2D eigenvalue weighted by molar-refractivity contribution is 7.09. The molecule has 0 amide bonds. The fourth-order valence-electron chi connectivity index (χ4n) is 1.74. The summed E-state index contributed by atoms with van der Waals surface area (Å²) < 4.78 is 5.64. The molecule has 5 nitrogen and oxygen atoms in total. The molecule has 0 aliphatic rings. The Bertz CT molecular complexity index is 557. The summed E-state index contributed by atoms with van der Waals surface area (Å²) in [6.45, 7) is 1.80. The Morgan fingerprint density at radius 1 is 1.33 bits per heavy atom. The number of carbonyl (C=O) groups is 1. The smallest absolute Gasteiger partial charge is 0.303 e. The van der Waals surface area contributed by atoms with Gasteiger partial charge in [-0.05, 0) is 25.1 Å². The number of carboxylic acid groups (broad SMARTS) is 1. The number of nitrogens with zero attached hydrogens (tertiary/aromatic N) is 1. The Balaban J connectivity index is 1.68. The van der Waals surface area contributed by atoms with Gasteiger partial charge in [-0.3, -0.25) is 4.79 Å². The first kappa shape index (κ1) is 15.5. The first-order valence-corrected chi connectivity index (χ1v) is 7.65. The van der Waals surface area contributed by atoms with E-state index in [0.717, 1.165) is 16.5 Å². The molecule has 21 heavy (non-hydrogen) atoms. The Labute approximate surface area is 127 Å². The van der Waals surface area contributed by atoms with E-state index in [1.54, 1.807) is 11.3 Å². The van der Waals surface area contributed by atoms with E-state index in [9.17, 15) is 4.79 Å². The fraction of sp³-hybridized carbons (Fsp3) is 0.333. The molecule has 6 heteroatoms. The quantitative estimate of drug-likeness (QED) is 0.697. The van der Waals surface area contributed by atoms with Gasteiger partial charge in [-0.25, -0.2) is 4.98 Å². The molecule has 1 aromatic carbocycles. The van der Waals surface area contributed by atoms with E-state index >= 15 is 0 Å². The molecular weight excluding hydrogens is 288 g/mol. The van der Waals surface area contributed by atoms with Crippen LogP contribution in [0.15, 0.2) is 35.7 Å². The van der Waals surface area contributed by atoms with E-state index in [-0.39, 0.29) is 6.42 Å². The van der Waals surface area contributed by atoms with Crippen molar-refractivity contribution in [2.24, 2.45) is 0 Å². The number of benzene rings is 1. The van der Waals surface area contributed by atoms with Crippen LogP contribution in [-0.2, 0) is 17.9 Å². The maximum absolute atomic E-state index is 10.4. The molecule has 0 fully saturated rings. The highest BCUT2D eigenvalue weighted by Gasteiger charge is 2.03. The van der Waals surface area contributed by atoms with E-state index in [2.05, 4.69) is 10.3 Å². The van der Waals surface area contributed by atoms with Crippen LogP contribution in [0.3, 0.4) is 0 Å². The lowest BCUT2D eigenvalue weighted by molar-refractivity contribution is -0.137. The third-order valence-corrected chi connectivity index (χ3v) is 3.63. The molecule has 0 saturated carbocycles. The van der Waals surface area contributed by atoms with Crippen LogP contribution in [0, 0.1) is 0 Å². The summed E-state index contributed by atoms with van der Waals surface area (Å²) in [7, 11) is 0. The van der Waals surface area contributed by atoms with Gasteiger partial charge in [0.15, 0.2) is 0 Å². The predicted octanol–water partition coefficient (Wildman–Crippen LogP) is 2.68. The summed E-state index contributed by atoms with van der Waals surface area (Å²) in [6.07, 6.45) is 0.823. The summed E-state index contributed by atoms with van der Waals surface area (Å²) in [5.74, 6) is 0.0758. The number of nitrogens with one attached hydrogen (secondary N) is 1. The zero-order valence-corrected chi connectivity index (χ0v) is 12.4. The zero-order chi connectivity index (χ0) is 14.9. The van der Waals surface area contributed by atoms with Crippen molar-refractivity contribution in [3.8, 4) is 5.75 Å². The third-order valence-electron chi connectivity index (χ3n) is 2.76. The van der Waals surface area contributed by atoms with E-state index in [4.69, 9.17) is 9.84 Å². The van der Waals surface area contributed by atoms with Crippen LogP contribution in [0.25, 0.3) is 0 Å². The standard InChI is InChI=1S/C15H18N2O3S/c18-15(19)7-4-8-16-9-12-11-21-14(17-12)10-20-13-5-2-1-3-6-13/h1-3,5-6,11,16H,4,7-10H2,(H,18,19). The number of aliphatic carboxylic acids is 1. The maximum Gasteiger partial charge on any atom is 0.303 e. The van der Waals surface area contributed by atoms with Gasteiger partial charge in [0.2, 0.25) is 0 Å². The summed E-state index contributed by atoms with van der Waals surface area (Å²) in [5, 5.41) is 14.6. The molecule has 0 atom stereocenters. The van der Waals surface area contributed by atoms with Gasteiger partial charge in [0.25, 0.3) is 0 Å². The second-order valence-electron chi connectivity index (χ2n) is 4.51. The van der Waals surface area contributed by atoms with Crippen LogP contribution in [0.5, 0.6) is 5.75 Å². The van der Waals surface area contributed by atoms with Crippen molar-refractivity contribution in [2.75, 3.05) is 6.54 Å². The highest BCUT2D eigenvalue weighted by Crippen LogP contribution is 2.14. The number of carboxylic acids is 1. The van der Waals surface area contributed by atoms with Crippen molar-refractivity contribution in [2.45, 2.75) is 26.0 Å². The molecule has 2 rings (SSSR count). The molecule has 2 aromatic rings. The minimum absolute atomic E-state index is 0.195. The second kappa shape index (κ2) is 8.39. The minimum atomic E-state index is -0.759. The Kier molecular flexibility index (Phi) is 6.18. The molecule has 0 spiro atoms. The molecule has 0 saturated heterocycles. The van der Waals surface area contributed by atoms with Crippen molar-refractivity contribution in [1.82, 2.24) is 10.3 Å². The summed E-state index contributed by atoms with van der Waals surface area (Å²) in [4.78, 5) is 14.8. The van der Waals surface area contributed by atoms with Crippen LogP contribution >= 0.6 is 11.3 Å². The van der Waals surface area contributed by atoms with Gasteiger partial charge in [0.05, 0.1) is 5.69 Å². The van der Waals surface area contributed by atoms with Crippen LogP contribution in [0.4, 0.5) is 0 Å². The largest absolute Gasteiger partial charge is 0.486 e. The first-order chi connectivity index (χ1) is 10.2. The van der Waals surface area contributed by atoms with E-state index < -0.39 is 5.97 Å². The molecule has 1 aromatic heterocycles. The van der Waals surface area contributed by atoms with Crippen molar-refractivity contribution < 1.29 is 14.6 Å². The predicted molar refractivity (Wildman–Crippen MR) is 81.5 cm³/mol. The molecule has 112 valence electrons. The molecule has 2 N–H and O–H groups in total. The number of ether oxygens (including phenoxy) is 1. The number of hydrogen-bond donors (Lipinski definition) is 2. The Hall–Kier alpha value is -1.92. The van der Waals surface area contributed by atoms with Crippen LogP contribution in [0.2, 0.25) is 0 Å². The molecular formula is C15H18N2O3S. The van der Waals surface area contributed by atoms with Gasteiger partial charge in [-0.2, -0.15) is 0 Å². The number of aromatic nitrogens is 1. The summed E-state index contributed by atoms with van der Waals surface area (Å²) in [5.41, 5.74) is 0.960. The monoisotopic (exact) mass is 306 g/mol.